The molecule has 0 aliphatic rings. The summed E-state index contributed by atoms with van der Waals surface area (Å²) < 4.78 is 20.4. The number of rotatable bonds is 3. The summed E-state index contributed by atoms with van der Waals surface area (Å²) in [4.78, 5) is 4.06. The highest BCUT2D eigenvalue weighted by molar-refractivity contribution is 5.57. The molecule has 0 radical (unpaired) electrons. The van der Waals surface area contributed by atoms with Gasteiger partial charge in [0, 0.05) is 23.5 Å². The Labute approximate surface area is 114 Å². The van der Waals surface area contributed by atoms with E-state index in [1.165, 1.54) is 19.2 Å². The number of nitrogens with two attached hydrogens (primary N) is 1. The molecule has 2 heterocycles. The van der Waals surface area contributed by atoms with Gasteiger partial charge >= 0.3 is 0 Å². The molecule has 0 amide bonds. The van der Waals surface area contributed by atoms with E-state index in [1.54, 1.807) is 35.4 Å². The fourth-order valence-electron chi connectivity index (χ4n) is 2.21. The second kappa shape index (κ2) is 4.90. The molecule has 3 rings (SSSR count). The molecule has 102 valence electrons. The van der Waals surface area contributed by atoms with Crippen molar-refractivity contribution in [1.82, 2.24) is 14.6 Å². The number of hydrogen-bond donors (Lipinski definition) is 1. The van der Waals surface area contributed by atoms with Crippen molar-refractivity contribution in [1.29, 1.82) is 0 Å². The molecule has 0 aliphatic heterocycles. The first-order valence-corrected chi connectivity index (χ1v) is 6.07. The van der Waals surface area contributed by atoms with Crippen LogP contribution in [0.3, 0.4) is 0 Å². The number of ether oxygens (including phenoxy) is 1. The molecule has 6 heteroatoms. The quantitative estimate of drug-likeness (QED) is 0.791. The van der Waals surface area contributed by atoms with Crippen LogP contribution >= 0.6 is 0 Å². The van der Waals surface area contributed by atoms with E-state index in [-0.39, 0.29) is 5.82 Å². The molecule has 0 saturated carbocycles. The first-order valence-electron chi connectivity index (χ1n) is 6.07. The van der Waals surface area contributed by atoms with Crippen LogP contribution in [0.1, 0.15) is 17.2 Å². The molecule has 0 saturated heterocycles. The maximum Gasteiger partial charge on any atom is 0.124 e. The molecule has 0 spiro atoms. The van der Waals surface area contributed by atoms with Crippen molar-refractivity contribution in [2.45, 2.75) is 6.04 Å². The second-order valence-corrected chi connectivity index (χ2v) is 4.37. The first kappa shape index (κ1) is 12.6. The lowest BCUT2D eigenvalue weighted by atomic mass is 10.00. The van der Waals surface area contributed by atoms with Crippen LogP contribution in [-0.4, -0.2) is 21.7 Å². The minimum Gasteiger partial charge on any atom is -0.496 e. The van der Waals surface area contributed by atoms with E-state index in [0.717, 1.165) is 11.1 Å². The summed E-state index contributed by atoms with van der Waals surface area (Å²) in [5.41, 5.74) is 8.37. The number of methoxy groups -OCH3 is 1. The van der Waals surface area contributed by atoms with Gasteiger partial charge in [-0.1, -0.05) is 0 Å². The van der Waals surface area contributed by atoms with Gasteiger partial charge in [-0.05, 0) is 18.2 Å². The molecular weight excluding hydrogens is 259 g/mol. The average molecular weight is 272 g/mol. The lowest BCUT2D eigenvalue weighted by molar-refractivity contribution is 0.406. The number of aromatic nitrogens is 3. The molecular formula is C14H13FN4O. The van der Waals surface area contributed by atoms with Crippen LogP contribution in [0.25, 0.3) is 5.52 Å². The van der Waals surface area contributed by atoms with Gasteiger partial charge in [0.2, 0.25) is 0 Å². The molecule has 0 aliphatic carbocycles. The van der Waals surface area contributed by atoms with Gasteiger partial charge in [0.05, 0.1) is 31.1 Å². The normalized spacial score (nSPS) is 12.6. The van der Waals surface area contributed by atoms with Gasteiger partial charge in [-0.3, -0.25) is 4.98 Å². The SMILES string of the molecule is COc1ccc(F)cc1C(N)c1cnn2ccncc12. The Morgan fingerprint density at radius 2 is 2.15 bits per heavy atom. The number of fused-ring (bicyclic) bond motifs is 1. The van der Waals surface area contributed by atoms with Crippen LogP contribution in [0.15, 0.2) is 43.0 Å². The minimum absolute atomic E-state index is 0.356. The van der Waals surface area contributed by atoms with Crippen LogP contribution in [0.5, 0.6) is 5.75 Å². The van der Waals surface area contributed by atoms with Crippen LogP contribution in [0.4, 0.5) is 4.39 Å². The summed E-state index contributed by atoms with van der Waals surface area (Å²) in [7, 11) is 1.53. The highest BCUT2D eigenvalue weighted by Crippen LogP contribution is 2.30. The molecule has 1 aromatic carbocycles. The third kappa shape index (κ3) is 2.00. The van der Waals surface area contributed by atoms with Crippen LogP contribution in [0, 0.1) is 5.82 Å². The molecule has 2 aromatic heterocycles. The first-order chi connectivity index (χ1) is 9.70. The Morgan fingerprint density at radius 3 is 2.95 bits per heavy atom. The van der Waals surface area contributed by atoms with Crippen molar-refractivity contribution in [2.75, 3.05) is 7.11 Å². The molecule has 1 unspecified atom stereocenters. The van der Waals surface area contributed by atoms with Crippen LogP contribution < -0.4 is 10.5 Å². The Balaban J connectivity index is 2.13. The van der Waals surface area contributed by atoms with Gasteiger partial charge in [0.15, 0.2) is 0 Å². The molecule has 0 fully saturated rings. The molecule has 1 atom stereocenters. The van der Waals surface area contributed by atoms with Gasteiger partial charge in [0.1, 0.15) is 11.6 Å². The van der Waals surface area contributed by atoms with E-state index in [9.17, 15) is 4.39 Å². The third-order valence-corrected chi connectivity index (χ3v) is 3.22. The molecule has 2 N–H and O–H groups in total. The van der Waals surface area contributed by atoms with Crippen molar-refractivity contribution in [3.63, 3.8) is 0 Å². The average Bonchev–Trinajstić information content (AvgIpc) is 2.90. The minimum atomic E-state index is -0.539. The number of nitrogens with zero attached hydrogens (tertiary/aromatic N) is 3. The zero-order chi connectivity index (χ0) is 14.1. The van der Waals surface area contributed by atoms with Gasteiger partial charge in [-0.25, -0.2) is 8.91 Å². The summed E-state index contributed by atoms with van der Waals surface area (Å²) >= 11 is 0. The van der Waals surface area contributed by atoms with Crippen molar-refractivity contribution < 1.29 is 9.13 Å². The molecule has 20 heavy (non-hydrogen) atoms. The summed E-state index contributed by atoms with van der Waals surface area (Å²) in [6, 6.07) is 3.74. The largest absolute Gasteiger partial charge is 0.496 e. The number of benzene rings is 1. The Morgan fingerprint density at radius 1 is 1.30 bits per heavy atom. The maximum atomic E-state index is 13.5. The van der Waals surface area contributed by atoms with Gasteiger partial charge in [0.25, 0.3) is 0 Å². The zero-order valence-corrected chi connectivity index (χ0v) is 10.8. The van der Waals surface area contributed by atoms with Crippen molar-refractivity contribution in [3.8, 4) is 5.75 Å². The maximum absolute atomic E-state index is 13.5. The van der Waals surface area contributed by atoms with Crippen molar-refractivity contribution in [3.05, 3.63) is 59.9 Å². The Hall–Kier alpha value is -2.47. The third-order valence-electron chi connectivity index (χ3n) is 3.22. The summed E-state index contributed by atoms with van der Waals surface area (Å²) in [6.07, 6.45) is 6.70. The highest BCUT2D eigenvalue weighted by Gasteiger charge is 2.18. The second-order valence-electron chi connectivity index (χ2n) is 4.37. The topological polar surface area (TPSA) is 65.4 Å². The zero-order valence-electron chi connectivity index (χ0n) is 10.8. The Kier molecular flexibility index (Phi) is 3.08. The van der Waals surface area contributed by atoms with E-state index in [4.69, 9.17) is 10.5 Å². The Bertz CT molecular complexity index is 756. The molecule has 3 aromatic rings. The molecule has 5 nitrogen and oxygen atoms in total. The fraction of sp³-hybridized carbons (Fsp3) is 0.143. The van der Waals surface area contributed by atoms with E-state index >= 15 is 0 Å². The van der Waals surface area contributed by atoms with Gasteiger partial charge < -0.3 is 10.5 Å². The van der Waals surface area contributed by atoms with Crippen LogP contribution in [-0.2, 0) is 0 Å². The fourth-order valence-corrected chi connectivity index (χ4v) is 2.21. The van der Waals surface area contributed by atoms with Gasteiger partial charge in [-0.2, -0.15) is 5.10 Å². The number of halogens is 1. The summed E-state index contributed by atoms with van der Waals surface area (Å²) in [5.74, 6) is 0.188. The van der Waals surface area contributed by atoms with E-state index < -0.39 is 6.04 Å². The van der Waals surface area contributed by atoms with Crippen LogP contribution in [0.2, 0.25) is 0 Å². The monoisotopic (exact) mass is 272 g/mol. The predicted molar refractivity (Wildman–Crippen MR) is 72.0 cm³/mol. The predicted octanol–water partition coefficient (Wildman–Crippen LogP) is 1.93. The number of hydrogen-bond acceptors (Lipinski definition) is 4. The summed E-state index contributed by atoms with van der Waals surface area (Å²) in [5, 5.41) is 4.21. The van der Waals surface area contributed by atoms with Gasteiger partial charge in [-0.15, -0.1) is 0 Å². The smallest absolute Gasteiger partial charge is 0.124 e. The van der Waals surface area contributed by atoms with E-state index in [1.807, 2.05) is 0 Å². The lowest BCUT2D eigenvalue weighted by Gasteiger charge is -2.15. The lowest BCUT2D eigenvalue weighted by Crippen LogP contribution is -2.13. The van der Waals surface area contributed by atoms with E-state index in [0.29, 0.717) is 11.3 Å². The van der Waals surface area contributed by atoms with E-state index in [2.05, 4.69) is 10.1 Å². The highest BCUT2D eigenvalue weighted by atomic mass is 19.1. The molecule has 0 bridgehead atoms. The van der Waals surface area contributed by atoms with Crippen molar-refractivity contribution >= 4 is 5.52 Å². The van der Waals surface area contributed by atoms with Crippen molar-refractivity contribution in [2.24, 2.45) is 5.73 Å². The summed E-state index contributed by atoms with van der Waals surface area (Å²) in [6.45, 7) is 0. The standard InChI is InChI=1S/C14H13FN4O/c1-20-13-3-2-9(15)6-10(13)14(16)11-7-18-19-5-4-17-8-12(11)19/h2-8,14H,16H2,1H3.